The van der Waals surface area contributed by atoms with Crippen LogP contribution in [0.15, 0.2) is 24.3 Å². The number of amides is 1. The second-order valence-electron chi connectivity index (χ2n) is 5.57. The molecule has 1 amide bonds. The van der Waals surface area contributed by atoms with E-state index in [1.54, 1.807) is 11.8 Å². The number of nitrogens with one attached hydrogen (secondary N) is 1. The van der Waals surface area contributed by atoms with Crippen LogP contribution in [-0.4, -0.2) is 23.7 Å². The molecule has 3 nitrogen and oxygen atoms in total. The zero-order valence-electron chi connectivity index (χ0n) is 12.1. The van der Waals surface area contributed by atoms with Crippen molar-refractivity contribution in [2.45, 2.75) is 31.1 Å². The lowest BCUT2D eigenvalue weighted by atomic mass is 9.96. The Morgan fingerprint density at radius 1 is 1.52 bits per heavy atom. The Morgan fingerprint density at radius 3 is 2.81 bits per heavy atom. The van der Waals surface area contributed by atoms with Gasteiger partial charge in [0.1, 0.15) is 0 Å². The molecular weight excluding hydrogens is 327 g/mol. The molecule has 0 bridgehead atoms. The minimum Gasteiger partial charge on any atom is -0.349 e. The minimum absolute atomic E-state index is 0. The first kappa shape index (κ1) is 18.6. The number of rotatable bonds is 7. The molecule has 0 aliphatic heterocycles. The molecule has 0 saturated heterocycles. The van der Waals surface area contributed by atoms with E-state index in [9.17, 15) is 4.79 Å². The Hall–Kier alpha value is -0.420. The van der Waals surface area contributed by atoms with Crippen molar-refractivity contribution in [2.75, 3.05) is 12.3 Å². The van der Waals surface area contributed by atoms with E-state index in [-0.39, 0.29) is 23.9 Å². The summed E-state index contributed by atoms with van der Waals surface area (Å²) in [6.07, 6.45) is 2.34. The maximum Gasteiger partial charge on any atom is 0.230 e. The highest BCUT2D eigenvalue weighted by Crippen LogP contribution is 2.39. The van der Waals surface area contributed by atoms with Crippen LogP contribution in [0, 0.1) is 5.92 Å². The Morgan fingerprint density at radius 2 is 2.24 bits per heavy atom. The Kier molecular flexibility index (Phi) is 7.34. The van der Waals surface area contributed by atoms with Crippen molar-refractivity contribution in [1.29, 1.82) is 0 Å². The Bertz CT molecular complexity index is 482. The summed E-state index contributed by atoms with van der Waals surface area (Å²) in [5.41, 5.74) is 6.71. The van der Waals surface area contributed by atoms with Gasteiger partial charge in [-0.25, -0.2) is 0 Å². The number of thioether (sulfide) groups is 1. The third kappa shape index (κ3) is 5.70. The summed E-state index contributed by atoms with van der Waals surface area (Å²) in [6.45, 7) is 2.55. The molecule has 3 N–H and O–H groups in total. The summed E-state index contributed by atoms with van der Waals surface area (Å²) < 4.78 is 0. The number of hydrogen-bond donors (Lipinski definition) is 2. The molecule has 1 fully saturated rings. The molecule has 1 aromatic carbocycles. The molecular formula is C15H22Cl2N2OS. The van der Waals surface area contributed by atoms with E-state index in [0.29, 0.717) is 18.2 Å². The molecule has 0 aromatic heterocycles. The monoisotopic (exact) mass is 348 g/mol. The third-order valence-corrected chi connectivity index (χ3v) is 4.96. The number of benzene rings is 1. The average Bonchev–Trinajstić information content (AvgIpc) is 3.23. The van der Waals surface area contributed by atoms with Gasteiger partial charge in [-0.1, -0.05) is 23.7 Å². The summed E-state index contributed by atoms with van der Waals surface area (Å²) in [7, 11) is 0. The van der Waals surface area contributed by atoms with Crippen LogP contribution in [-0.2, 0) is 10.5 Å². The van der Waals surface area contributed by atoms with E-state index in [0.717, 1.165) is 16.3 Å². The van der Waals surface area contributed by atoms with E-state index >= 15 is 0 Å². The Labute approximate surface area is 141 Å². The van der Waals surface area contributed by atoms with Crippen molar-refractivity contribution >= 4 is 41.7 Å². The van der Waals surface area contributed by atoms with Crippen molar-refractivity contribution in [1.82, 2.24) is 5.32 Å². The zero-order valence-corrected chi connectivity index (χ0v) is 14.5. The summed E-state index contributed by atoms with van der Waals surface area (Å²) in [5, 5.41) is 3.83. The SMILES string of the molecule is CC(CN)(NC(=O)CSCc1cccc(Cl)c1)C1CC1.Cl. The highest BCUT2D eigenvalue weighted by Gasteiger charge is 2.41. The van der Waals surface area contributed by atoms with Gasteiger partial charge >= 0.3 is 0 Å². The number of nitrogens with two attached hydrogens (primary N) is 1. The van der Waals surface area contributed by atoms with Gasteiger partial charge in [-0.2, -0.15) is 0 Å². The molecule has 2 rings (SSSR count). The lowest BCUT2D eigenvalue weighted by Crippen LogP contribution is -2.53. The van der Waals surface area contributed by atoms with Crippen LogP contribution in [0.4, 0.5) is 0 Å². The first-order chi connectivity index (χ1) is 9.53. The predicted molar refractivity (Wildman–Crippen MR) is 93.2 cm³/mol. The van der Waals surface area contributed by atoms with Crippen molar-refractivity contribution < 1.29 is 4.79 Å². The summed E-state index contributed by atoms with van der Waals surface area (Å²) in [4.78, 5) is 12.0. The van der Waals surface area contributed by atoms with E-state index in [1.807, 2.05) is 31.2 Å². The van der Waals surface area contributed by atoms with E-state index in [1.165, 1.54) is 12.8 Å². The molecule has 1 unspecified atom stereocenters. The quantitative estimate of drug-likeness (QED) is 0.795. The Balaban J connectivity index is 0.00000220. The standard InChI is InChI=1S/C15H21ClN2OS.ClH/c1-15(10-17,12-5-6-12)18-14(19)9-20-8-11-3-2-4-13(16)7-11;/h2-4,7,12H,5-6,8-10,17H2,1H3,(H,18,19);1H. The highest BCUT2D eigenvalue weighted by atomic mass is 35.5. The second kappa shape index (κ2) is 8.28. The maximum atomic E-state index is 12.0. The van der Waals surface area contributed by atoms with Crippen LogP contribution in [0.5, 0.6) is 0 Å². The largest absolute Gasteiger partial charge is 0.349 e. The highest BCUT2D eigenvalue weighted by molar-refractivity contribution is 7.99. The summed E-state index contributed by atoms with van der Waals surface area (Å²) in [6, 6.07) is 7.73. The van der Waals surface area contributed by atoms with Crippen LogP contribution in [0.1, 0.15) is 25.3 Å². The zero-order chi connectivity index (χ0) is 14.6. The number of halogens is 2. The van der Waals surface area contributed by atoms with E-state index < -0.39 is 0 Å². The lowest BCUT2D eigenvalue weighted by Gasteiger charge is -2.29. The van der Waals surface area contributed by atoms with Crippen molar-refractivity contribution in [3.05, 3.63) is 34.9 Å². The molecule has 1 aromatic rings. The van der Waals surface area contributed by atoms with Gasteiger partial charge in [-0.3, -0.25) is 4.79 Å². The fourth-order valence-corrected chi connectivity index (χ4v) is 3.27. The van der Waals surface area contributed by atoms with Crippen LogP contribution >= 0.6 is 35.8 Å². The van der Waals surface area contributed by atoms with Crippen LogP contribution < -0.4 is 11.1 Å². The van der Waals surface area contributed by atoms with Gasteiger partial charge in [0, 0.05) is 17.3 Å². The topological polar surface area (TPSA) is 55.1 Å². The molecule has 118 valence electrons. The van der Waals surface area contributed by atoms with Crippen molar-refractivity contribution in [2.24, 2.45) is 11.7 Å². The van der Waals surface area contributed by atoms with Crippen LogP contribution in [0.3, 0.4) is 0 Å². The fourth-order valence-electron chi connectivity index (χ4n) is 2.28. The van der Waals surface area contributed by atoms with Crippen molar-refractivity contribution in [3.8, 4) is 0 Å². The first-order valence-electron chi connectivity index (χ1n) is 6.87. The maximum absolute atomic E-state index is 12.0. The molecule has 1 aliphatic carbocycles. The van der Waals surface area contributed by atoms with Gasteiger partial charge in [0.2, 0.25) is 5.91 Å². The third-order valence-electron chi connectivity index (χ3n) is 3.72. The molecule has 0 spiro atoms. The van der Waals surface area contributed by atoms with Gasteiger partial charge in [-0.15, -0.1) is 24.2 Å². The predicted octanol–water partition coefficient (Wildman–Crippen LogP) is 3.24. The minimum atomic E-state index is -0.228. The van der Waals surface area contributed by atoms with E-state index in [4.69, 9.17) is 17.3 Å². The number of hydrogen-bond acceptors (Lipinski definition) is 3. The van der Waals surface area contributed by atoms with Crippen LogP contribution in [0.25, 0.3) is 0 Å². The lowest BCUT2D eigenvalue weighted by molar-refractivity contribution is -0.120. The molecule has 1 atom stereocenters. The van der Waals surface area contributed by atoms with Crippen LogP contribution in [0.2, 0.25) is 5.02 Å². The smallest absolute Gasteiger partial charge is 0.230 e. The molecule has 21 heavy (non-hydrogen) atoms. The van der Waals surface area contributed by atoms with Gasteiger partial charge in [-0.05, 0) is 43.4 Å². The molecule has 0 radical (unpaired) electrons. The first-order valence-corrected chi connectivity index (χ1v) is 8.40. The van der Waals surface area contributed by atoms with E-state index in [2.05, 4.69) is 5.32 Å². The number of carbonyl (C=O) groups is 1. The number of carbonyl (C=O) groups excluding carboxylic acids is 1. The summed E-state index contributed by atoms with van der Waals surface area (Å²) >= 11 is 7.53. The molecule has 1 aliphatic rings. The molecule has 6 heteroatoms. The van der Waals surface area contributed by atoms with Gasteiger partial charge in [0.15, 0.2) is 0 Å². The normalized spacial score (nSPS) is 16.7. The van der Waals surface area contributed by atoms with Gasteiger partial charge < -0.3 is 11.1 Å². The van der Waals surface area contributed by atoms with Gasteiger partial charge in [0.05, 0.1) is 11.3 Å². The summed E-state index contributed by atoms with van der Waals surface area (Å²) in [5.74, 6) is 1.86. The molecule has 1 saturated carbocycles. The fraction of sp³-hybridized carbons (Fsp3) is 0.533. The van der Waals surface area contributed by atoms with Gasteiger partial charge in [0.25, 0.3) is 0 Å². The second-order valence-corrected chi connectivity index (χ2v) is 6.99. The van der Waals surface area contributed by atoms with Crippen molar-refractivity contribution in [3.63, 3.8) is 0 Å². The molecule has 0 heterocycles. The average molecular weight is 349 g/mol.